The summed E-state index contributed by atoms with van der Waals surface area (Å²) < 4.78 is 1.76. The van der Waals surface area contributed by atoms with Crippen LogP contribution in [0.25, 0.3) is 0 Å². The number of hydrogen-bond acceptors (Lipinski definition) is 2. The fourth-order valence-electron chi connectivity index (χ4n) is 1.71. The molecule has 5 heteroatoms. The smallest absolute Gasteiger partial charge is 0.251 e. The van der Waals surface area contributed by atoms with E-state index >= 15 is 0 Å². The summed E-state index contributed by atoms with van der Waals surface area (Å²) >= 11 is 5.76. The Hall–Kier alpha value is -1.81. The van der Waals surface area contributed by atoms with Crippen molar-refractivity contribution in [2.45, 2.75) is 19.9 Å². The van der Waals surface area contributed by atoms with Gasteiger partial charge in [-0.1, -0.05) is 29.3 Å². The third-order valence-corrected chi connectivity index (χ3v) is 2.96. The minimum absolute atomic E-state index is 0.0431. The molecule has 0 saturated heterocycles. The molecule has 0 fully saturated rings. The van der Waals surface area contributed by atoms with Gasteiger partial charge in [-0.2, -0.15) is 5.10 Å². The SMILES string of the molecule is Cc1ccc(C(=O)NCCCn2cc(Cl)cn2)cc1. The third-order valence-electron chi connectivity index (χ3n) is 2.77. The van der Waals surface area contributed by atoms with Crippen molar-refractivity contribution in [1.29, 1.82) is 0 Å². The van der Waals surface area contributed by atoms with Crippen LogP contribution in [0.1, 0.15) is 22.3 Å². The van der Waals surface area contributed by atoms with Crippen molar-refractivity contribution in [2.24, 2.45) is 0 Å². The molecule has 4 nitrogen and oxygen atoms in total. The van der Waals surface area contributed by atoms with Gasteiger partial charge in [-0.15, -0.1) is 0 Å². The van der Waals surface area contributed by atoms with Gasteiger partial charge >= 0.3 is 0 Å². The van der Waals surface area contributed by atoms with Gasteiger partial charge in [-0.25, -0.2) is 0 Å². The molecule has 0 unspecified atom stereocenters. The van der Waals surface area contributed by atoms with Gasteiger partial charge in [0.05, 0.1) is 11.2 Å². The van der Waals surface area contributed by atoms with Gasteiger partial charge in [0, 0.05) is 24.8 Å². The molecule has 1 aromatic heterocycles. The second kappa shape index (κ2) is 6.38. The number of rotatable bonds is 5. The normalized spacial score (nSPS) is 10.4. The van der Waals surface area contributed by atoms with Crippen LogP contribution in [0.3, 0.4) is 0 Å². The average molecular weight is 278 g/mol. The molecule has 2 aromatic rings. The standard InChI is InChI=1S/C14H16ClN3O/c1-11-3-5-12(6-4-11)14(19)16-7-2-8-18-10-13(15)9-17-18/h3-6,9-10H,2,7-8H2,1H3,(H,16,19). The molecule has 1 aromatic carbocycles. The summed E-state index contributed by atoms with van der Waals surface area (Å²) in [5.74, 6) is -0.0431. The summed E-state index contributed by atoms with van der Waals surface area (Å²) in [5.41, 5.74) is 1.83. The van der Waals surface area contributed by atoms with Crippen LogP contribution in [-0.4, -0.2) is 22.2 Å². The number of aromatic nitrogens is 2. The summed E-state index contributed by atoms with van der Waals surface area (Å²) in [6.07, 6.45) is 4.19. The van der Waals surface area contributed by atoms with Crippen molar-refractivity contribution < 1.29 is 4.79 Å². The topological polar surface area (TPSA) is 46.9 Å². The number of carbonyl (C=O) groups is 1. The van der Waals surface area contributed by atoms with E-state index in [1.807, 2.05) is 31.2 Å². The maximum absolute atomic E-state index is 11.8. The molecule has 0 saturated carbocycles. The van der Waals surface area contributed by atoms with Gasteiger partial charge in [0.15, 0.2) is 0 Å². The Bertz CT molecular complexity index is 548. The molecule has 0 spiro atoms. The van der Waals surface area contributed by atoms with Gasteiger partial charge in [0.2, 0.25) is 0 Å². The zero-order chi connectivity index (χ0) is 13.7. The largest absolute Gasteiger partial charge is 0.352 e. The number of amides is 1. The maximum Gasteiger partial charge on any atom is 0.251 e. The Morgan fingerprint density at radius 3 is 2.74 bits per heavy atom. The lowest BCUT2D eigenvalue weighted by Gasteiger charge is -2.05. The van der Waals surface area contributed by atoms with E-state index in [-0.39, 0.29) is 5.91 Å². The summed E-state index contributed by atoms with van der Waals surface area (Å²) in [5, 5.41) is 7.58. The van der Waals surface area contributed by atoms with E-state index in [2.05, 4.69) is 10.4 Å². The van der Waals surface area contributed by atoms with E-state index < -0.39 is 0 Å². The number of halogens is 1. The summed E-state index contributed by atoms with van der Waals surface area (Å²) in [4.78, 5) is 11.8. The first kappa shape index (κ1) is 13.6. The van der Waals surface area contributed by atoms with E-state index in [9.17, 15) is 4.79 Å². The molecule has 100 valence electrons. The number of aryl methyl sites for hydroxylation is 2. The van der Waals surface area contributed by atoms with Crippen LogP contribution in [0.5, 0.6) is 0 Å². The fourth-order valence-corrected chi connectivity index (χ4v) is 1.87. The second-order valence-corrected chi connectivity index (χ2v) is 4.83. The molecule has 0 atom stereocenters. The summed E-state index contributed by atoms with van der Waals surface area (Å²) in [6.45, 7) is 3.35. The molecule has 2 rings (SSSR count). The Morgan fingerprint density at radius 1 is 1.37 bits per heavy atom. The molecule has 1 N–H and O–H groups in total. The first-order chi connectivity index (χ1) is 9.15. The van der Waals surface area contributed by atoms with Crippen LogP contribution in [0.15, 0.2) is 36.7 Å². The van der Waals surface area contributed by atoms with Crippen molar-refractivity contribution in [3.8, 4) is 0 Å². The highest BCUT2D eigenvalue weighted by Crippen LogP contribution is 2.05. The van der Waals surface area contributed by atoms with Gasteiger partial charge in [0.25, 0.3) is 5.91 Å². The van der Waals surface area contributed by atoms with Crippen LogP contribution in [-0.2, 0) is 6.54 Å². The fraction of sp³-hybridized carbons (Fsp3) is 0.286. The van der Waals surface area contributed by atoms with Gasteiger partial charge in [-0.3, -0.25) is 9.48 Å². The van der Waals surface area contributed by atoms with Crippen molar-refractivity contribution in [3.05, 3.63) is 52.8 Å². The highest BCUT2D eigenvalue weighted by atomic mass is 35.5. The van der Waals surface area contributed by atoms with E-state index in [4.69, 9.17) is 11.6 Å². The lowest BCUT2D eigenvalue weighted by atomic mass is 10.1. The minimum Gasteiger partial charge on any atom is -0.352 e. The number of hydrogen-bond donors (Lipinski definition) is 1. The summed E-state index contributed by atoms with van der Waals surface area (Å²) in [7, 11) is 0. The zero-order valence-electron chi connectivity index (χ0n) is 10.8. The molecular formula is C14H16ClN3O. The van der Waals surface area contributed by atoms with Crippen LogP contribution in [0.4, 0.5) is 0 Å². The maximum atomic E-state index is 11.8. The Kier molecular flexibility index (Phi) is 4.58. The molecule has 0 aliphatic carbocycles. The van der Waals surface area contributed by atoms with Crippen LogP contribution in [0, 0.1) is 6.92 Å². The van der Waals surface area contributed by atoms with E-state index in [0.717, 1.165) is 18.5 Å². The molecule has 1 amide bonds. The molecule has 1 heterocycles. The molecule has 0 bridgehead atoms. The van der Waals surface area contributed by atoms with E-state index in [1.54, 1.807) is 17.1 Å². The van der Waals surface area contributed by atoms with Crippen molar-refractivity contribution >= 4 is 17.5 Å². The Morgan fingerprint density at radius 2 is 2.11 bits per heavy atom. The minimum atomic E-state index is -0.0431. The van der Waals surface area contributed by atoms with Crippen LogP contribution in [0.2, 0.25) is 5.02 Å². The van der Waals surface area contributed by atoms with Gasteiger partial charge in [0.1, 0.15) is 0 Å². The van der Waals surface area contributed by atoms with Crippen molar-refractivity contribution in [2.75, 3.05) is 6.54 Å². The number of benzene rings is 1. The quantitative estimate of drug-likeness (QED) is 0.854. The molecule has 0 radical (unpaired) electrons. The predicted molar refractivity (Wildman–Crippen MR) is 75.4 cm³/mol. The predicted octanol–water partition coefficient (Wildman–Crippen LogP) is 2.67. The molecular weight excluding hydrogens is 262 g/mol. The average Bonchev–Trinajstić information content (AvgIpc) is 2.81. The lowest BCUT2D eigenvalue weighted by molar-refractivity contribution is 0.0952. The highest BCUT2D eigenvalue weighted by molar-refractivity contribution is 6.30. The third kappa shape index (κ3) is 4.10. The van der Waals surface area contributed by atoms with Crippen LogP contribution < -0.4 is 5.32 Å². The van der Waals surface area contributed by atoms with Gasteiger partial charge in [-0.05, 0) is 25.5 Å². The zero-order valence-corrected chi connectivity index (χ0v) is 11.5. The number of nitrogens with zero attached hydrogens (tertiary/aromatic N) is 2. The first-order valence-electron chi connectivity index (χ1n) is 6.18. The van der Waals surface area contributed by atoms with Gasteiger partial charge < -0.3 is 5.32 Å². The van der Waals surface area contributed by atoms with E-state index in [0.29, 0.717) is 17.1 Å². The molecule has 0 aliphatic rings. The van der Waals surface area contributed by atoms with Crippen LogP contribution >= 0.6 is 11.6 Å². The number of nitrogens with one attached hydrogen (secondary N) is 1. The van der Waals surface area contributed by atoms with E-state index in [1.165, 1.54) is 0 Å². The highest BCUT2D eigenvalue weighted by Gasteiger charge is 2.03. The lowest BCUT2D eigenvalue weighted by Crippen LogP contribution is -2.25. The van der Waals surface area contributed by atoms with Crippen molar-refractivity contribution in [1.82, 2.24) is 15.1 Å². The summed E-state index contributed by atoms with van der Waals surface area (Å²) in [6, 6.07) is 7.52. The second-order valence-electron chi connectivity index (χ2n) is 4.40. The molecule has 0 aliphatic heterocycles. The first-order valence-corrected chi connectivity index (χ1v) is 6.56. The Labute approximate surface area is 117 Å². The Balaban J connectivity index is 1.73. The van der Waals surface area contributed by atoms with Crippen molar-refractivity contribution in [3.63, 3.8) is 0 Å². The monoisotopic (exact) mass is 277 g/mol. The number of carbonyl (C=O) groups excluding carboxylic acids is 1. The molecule has 19 heavy (non-hydrogen) atoms.